The molecule has 0 aromatic heterocycles. The zero-order chi connectivity index (χ0) is 13.8. The van der Waals surface area contributed by atoms with E-state index in [1.54, 1.807) is 7.11 Å². The molecule has 1 aromatic rings. The highest BCUT2D eigenvalue weighted by Crippen LogP contribution is 2.25. The summed E-state index contributed by atoms with van der Waals surface area (Å²) in [5.74, 6) is 0.833. The summed E-state index contributed by atoms with van der Waals surface area (Å²) in [6, 6.07) is 5.63. The summed E-state index contributed by atoms with van der Waals surface area (Å²) in [4.78, 5) is 11.8. The van der Waals surface area contributed by atoms with Crippen molar-refractivity contribution in [1.29, 1.82) is 0 Å². The number of hydrogen-bond acceptors (Lipinski definition) is 3. The van der Waals surface area contributed by atoms with E-state index in [-0.39, 0.29) is 18.0 Å². The Kier molecular flexibility index (Phi) is 5.35. The predicted octanol–water partition coefficient (Wildman–Crippen LogP) is 3.38. The standard InChI is InChI=1S/C14H19BrO3/c1-14(2,3)18-9-11(16)7-10-5-6-13(17-4)12(15)8-10/h5-6,8H,7,9H2,1-4H3. The quantitative estimate of drug-likeness (QED) is 0.835. The summed E-state index contributed by atoms with van der Waals surface area (Å²) < 4.78 is 11.4. The zero-order valence-corrected chi connectivity index (χ0v) is 12.8. The van der Waals surface area contributed by atoms with Gasteiger partial charge in [-0.1, -0.05) is 6.07 Å². The van der Waals surface area contributed by atoms with Gasteiger partial charge < -0.3 is 9.47 Å². The van der Waals surface area contributed by atoms with Crippen molar-refractivity contribution in [3.05, 3.63) is 28.2 Å². The molecule has 0 unspecified atom stereocenters. The number of halogens is 1. The van der Waals surface area contributed by atoms with Gasteiger partial charge in [0.05, 0.1) is 17.2 Å². The van der Waals surface area contributed by atoms with Crippen molar-refractivity contribution in [2.45, 2.75) is 32.8 Å². The Morgan fingerprint density at radius 3 is 2.50 bits per heavy atom. The minimum Gasteiger partial charge on any atom is -0.496 e. The van der Waals surface area contributed by atoms with Gasteiger partial charge >= 0.3 is 0 Å². The number of methoxy groups -OCH3 is 1. The first-order valence-electron chi connectivity index (χ1n) is 5.80. The molecule has 0 amide bonds. The molecule has 0 aliphatic heterocycles. The Balaban J connectivity index is 2.57. The fraction of sp³-hybridized carbons (Fsp3) is 0.500. The number of Topliss-reactive ketones (excluding diaryl/α,β-unsaturated/α-hetero) is 1. The van der Waals surface area contributed by atoms with E-state index < -0.39 is 0 Å². The molecule has 0 fully saturated rings. The molecule has 0 radical (unpaired) electrons. The summed E-state index contributed by atoms with van der Waals surface area (Å²) >= 11 is 3.40. The third kappa shape index (κ3) is 5.19. The van der Waals surface area contributed by atoms with E-state index in [1.807, 2.05) is 39.0 Å². The molecule has 0 spiro atoms. The van der Waals surface area contributed by atoms with E-state index in [0.717, 1.165) is 15.8 Å². The first kappa shape index (κ1) is 15.2. The van der Waals surface area contributed by atoms with Crippen molar-refractivity contribution in [2.24, 2.45) is 0 Å². The molecule has 1 aromatic carbocycles. The molecule has 18 heavy (non-hydrogen) atoms. The van der Waals surface area contributed by atoms with Crippen LogP contribution in [0.1, 0.15) is 26.3 Å². The highest BCUT2D eigenvalue weighted by molar-refractivity contribution is 9.10. The number of carbonyl (C=O) groups excluding carboxylic acids is 1. The van der Waals surface area contributed by atoms with Crippen LogP contribution >= 0.6 is 15.9 Å². The highest BCUT2D eigenvalue weighted by atomic mass is 79.9. The van der Waals surface area contributed by atoms with Gasteiger partial charge in [0, 0.05) is 6.42 Å². The van der Waals surface area contributed by atoms with Crippen LogP contribution in [0, 0.1) is 0 Å². The monoisotopic (exact) mass is 314 g/mol. The lowest BCUT2D eigenvalue weighted by Crippen LogP contribution is -2.24. The van der Waals surface area contributed by atoms with Gasteiger partial charge in [0.25, 0.3) is 0 Å². The van der Waals surface area contributed by atoms with Gasteiger partial charge in [-0.25, -0.2) is 0 Å². The Hall–Kier alpha value is -0.870. The van der Waals surface area contributed by atoms with Crippen LogP contribution in [0.4, 0.5) is 0 Å². The largest absolute Gasteiger partial charge is 0.496 e. The van der Waals surface area contributed by atoms with Crippen LogP contribution in [0.5, 0.6) is 5.75 Å². The fourth-order valence-electron chi connectivity index (χ4n) is 1.40. The summed E-state index contributed by atoms with van der Waals surface area (Å²) in [7, 11) is 1.61. The van der Waals surface area contributed by atoms with Gasteiger partial charge in [0.2, 0.25) is 0 Å². The maximum absolute atomic E-state index is 11.8. The number of carbonyl (C=O) groups is 1. The number of rotatable bonds is 5. The number of ketones is 1. The lowest BCUT2D eigenvalue weighted by Gasteiger charge is -2.18. The summed E-state index contributed by atoms with van der Waals surface area (Å²) in [5.41, 5.74) is 0.668. The summed E-state index contributed by atoms with van der Waals surface area (Å²) in [5, 5.41) is 0. The average molecular weight is 315 g/mol. The topological polar surface area (TPSA) is 35.5 Å². The van der Waals surface area contributed by atoms with E-state index >= 15 is 0 Å². The van der Waals surface area contributed by atoms with Crippen LogP contribution in [-0.4, -0.2) is 25.1 Å². The van der Waals surface area contributed by atoms with Crippen molar-refractivity contribution in [2.75, 3.05) is 13.7 Å². The number of hydrogen-bond donors (Lipinski definition) is 0. The minimum absolute atomic E-state index is 0.0713. The lowest BCUT2D eigenvalue weighted by molar-refractivity contribution is -0.127. The third-order valence-electron chi connectivity index (χ3n) is 2.28. The molecule has 100 valence electrons. The molecule has 0 saturated carbocycles. The first-order valence-corrected chi connectivity index (χ1v) is 6.59. The van der Waals surface area contributed by atoms with Crippen LogP contribution in [0.15, 0.2) is 22.7 Å². The zero-order valence-electron chi connectivity index (χ0n) is 11.2. The minimum atomic E-state index is -0.282. The first-order chi connectivity index (χ1) is 8.31. The van der Waals surface area contributed by atoms with E-state index in [0.29, 0.717) is 6.42 Å². The second-order valence-corrected chi connectivity index (χ2v) is 5.94. The SMILES string of the molecule is COc1ccc(CC(=O)COC(C)(C)C)cc1Br. The van der Waals surface area contributed by atoms with Crippen LogP contribution in [0.25, 0.3) is 0 Å². The second kappa shape index (κ2) is 6.34. The van der Waals surface area contributed by atoms with Crippen molar-refractivity contribution in [3.8, 4) is 5.75 Å². The van der Waals surface area contributed by atoms with Crippen molar-refractivity contribution in [1.82, 2.24) is 0 Å². The normalized spacial score (nSPS) is 11.4. The van der Waals surface area contributed by atoms with Crippen LogP contribution in [0.3, 0.4) is 0 Å². The smallest absolute Gasteiger partial charge is 0.162 e. The molecule has 0 N–H and O–H groups in total. The third-order valence-corrected chi connectivity index (χ3v) is 2.90. The van der Waals surface area contributed by atoms with Gasteiger partial charge in [0.1, 0.15) is 12.4 Å². The second-order valence-electron chi connectivity index (χ2n) is 5.09. The molecular formula is C14H19BrO3. The van der Waals surface area contributed by atoms with Gasteiger partial charge in [-0.05, 0) is 54.4 Å². The van der Waals surface area contributed by atoms with Crippen molar-refractivity contribution >= 4 is 21.7 Å². The average Bonchev–Trinajstić information content (AvgIpc) is 2.26. The molecule has 0 aliphatic rings. The van der Waals surface area contributed by atoms with Crippen LogP contribution < -0.4 is 4.74 Å². The highest BCUT2D eigenvalue weighted by Gasteiger charge is 2.13. The Morgan fingerprint density at radius 1 is 1.33 bits per heavy atom. The summed E-state index contributed by atoms with van der Waals surface area (Å²) in [6.45, 7) is 5.95. The van der Waals surface area contributed by atoms with Gasteiger partial charge in [0.15, 0.2) is 5.78 Å². The van der Waals surface area contributed by atoms with Crippen LogP contribution in [0.2, 0.25) is 0 Å². The molecule has 4 heteroatoms. The Morgan fingerprint density at radius 2 is 2.00 bits per heavy atom. The molecule has 3 nitrogen and oxygen atoms in total. The lowest BCUT2D eigenvalue weighted by atomic mass is 10.1. The molecule has 0 heterocycles. The van der Waals surface area contributed by atoms with Gasteiger partial charge in [-0.3, -0.25) is 4.79 Å². The van der Waals surface area contributed by atoms with E-state index in [2.05, 4.69) is 15.9 Å². The molecule has 1 rings (SSSR count). The summed E-state index contributed by atoms with van der Waals surface area (Å²) in [6.07, 6.45) is 0.374. The van der Waals surface area contributed by atoms with Crippen LogP contribution in [-0.2, 0) is 16.0 Å². The Labute approximate surface area is 117 Å². The molecule has 0 saturated heterocycles. The molecule has 0 bridgehead atoms. The van der Waals surface area contributed by atoms with E-state index in [9.17, 15) is 4.79 Å². The van der Waals surface area contributed by atoms with E-state index in [4.69, 9.17) is 9.47 Å². The Bertz CT molecular complexity index is 422. The van der Waals surface area contributed by atoms with Gasteiger partial charge in [-0.2, -0.15) is 0 Å². The predicted molar refractivity (Wildman–Crippen MR) is 75.1 cm³/mol. The maximum Gasteiger partial charge on any atom is 0.162 e. The van der Waals surface area contributed by atoms with E-state index in [1.165, 1.54) is 0 Å². The fourth-order valence-corrected chi connectivity index (χ4v) is 1.98. The number of benzene rings is 1. The number of ether oxygens (including phenoxy) is 2. The maximum atomic E-state index is 11.8. The molecule has 0 atom stereocenters. The molecule has 0 aliphatic carbocycles. The van der Waals surface area contributed by atoms with Crippen molar-refractivity contribution in [3.63, 3.8) is 0 Å². The van der Waals surface area contributed by atoms with Crippen molar-refractivity contribution < 1.29 is 14.3 Å². The van der Waals surface area contributed by atoms with Gasteiger partial charge in [-0.15, -0.1) is 0 Å². The molecular weight excluding hydrogens is 296 g/mol.